The van der Waals surface area contributed by atoms with E-state index in [-0.39, 0.29) is 17.1 Å². The van der Waals surface area contributed by atoms with Gasteiger partial charge in [-0.2, -0.15) is 5.10 Å². The van der Waals surface area contributed by atoms with Crippen LogP contribution in [0.4, 0.5) is 0 Å². The minimum Gasteiger partial charge on any atom is -0.494 e. The Bertz CT molecular complexity index is 1020. The van der Waals surface area contributed by atoms with Crippen molar-refractivity contribution in [2.75, 3.05) is 0 Å². The number of hydrogen-bond donors (Lipinski definition) is 2. The highest BCUT2D eigenvalue weighted by Gasteiger charge is 2.36. The molecular formula is C17H19N5O4. The summed E-state index contributed by atoms with van der Waals surface area (Å²) in [6, 6.07) is 7.81. The van der Waals surface area contributed by atoms with Gasteiger partial charge in [-0.05, 0) is 0 Å². The van der Waals surface area contributed by atoms with E-state index >= 15 is 0 Å². The molecule has 26 heavy (non-hydrogen) atoms. The highest BCUT2D eigenvalue weighted by molar-refractivity contribution is 6.08. The van der Waals surface area contributed by atoms with Crippen molar-refractivity contribution in [3.63, 3.8) is 0 Å². The van der Waals surface area contributed by atoms with Gasteiger partial charge in [-0.15, -0.1) is 5.10 Å². The average Bonchev–Trinajstić information content (AvgIpc) is 2.66. The highest BCUT2D eigenvalue weighted by atomic mass is 16.5. The summed E-state index contributed by atoms with van der Waals surface area (Å²) in [5.74, 6) is -0.284. The summed E-state index contributed by atoms with van der Waals surface area (Å²) in [6.45, 7) is 1.78. The molecule has 2 heterocycles. The van der Waals surface area contributed by atoms with Crippen LogP contribution in [0.5, 0.6) is 5.88 Å². The molecule has 1 aliphatic rings. The normalized spacial score (nSPS) is 17.1. The van der Waals surface area contributed by atoms with Crippen molar-refractivity contribution in [1.82, 2.24) is 14.2 Å². The van der Waals surface area contributed by atoms with E-state index in [4.69, 9.17) is 0 Å². The lowest BCUT2D eigenvalue weighted by Gasteiger charge is -2.31. The molecule has 3 rings (SSSR count). The van der Waals surface area contributed by atoms with Gasteiger partial charge in [0.2, 0.25) is 5.88 Å². The summed E-state index contributed by atoms with van der Waals surface area (Å²) in [5.41, 5.74) is -0.613. The lowest BCUT2D eigenvalue weighted by molar-refractivity contribution is -0.0388. The standard InChI is InChI=1S/C17H19N5O4/c1-4-11-18-19-13(10-8-6-5-7-9-10)14(22(11)26)12-15(23)20(2)17(25)21(3)16(12)24/h5-9,14,23,26H,4H2,1-3H3/t14-/m0/s1. The number of nitrogens with zero attached hydrogens (tertiary/aromatic N) is 5. The molecule has 0 bridgehead atoms. The number of benzene rings is 1. The second-order valence-electron chi connectivity index (χ2n) is 5.91. The van der Waals surface area contributed by atoms with Crippen molar-refractivity contribution < 1.29 is 10.3 Å². The molecule has 1 aliphatic heterocycles. The molecule has 0 spiro atoms. The Labute approximate surface area is 148 Å². The van der Waals surface area contributed by atoms with Crippen LogP contribution in [0.1, 0.15) is 30.5 Å². The second-order valence-corrected chi connectivity index (χ2v) is 5.91. The van der Waals surface area contributed by atoms with Crippen molar-refractivity contribution >= 4 is 11.5 Å². The Morgan fingerprint density at radius 1 is 1.08 bits per heavy atom. The zero-order valence-electron chi connectivity index (χ0n) is 14.6. The topological polar surface area (TPSA) is 112 Å². The second kappa shape index (κ2) is 6.60. The first-order valence-corrected chi connectivity index (χ1v) is 8.05. The van der Waals surface area contributed by atoms with E-state index in [2.05, 4.69) is 10.2 Å². The van der Waals surface area contributed by atoms with Crippen LogP contribution in [0.3, 0.4) is 0 Å². The smallest absolute Gasteiger partial charge is 0.333 e. The molecule has 1 aromatic heterocycles. The summed E-state index contributed by atoms with van der Waals surface area (Å²) < 4.78 is 1.83. The molecule has 0 saturated carbocycles. The Morgan fingerprint density at radius 3 is 2.35 bits per heavy atom. The maximum atomic E-state index is 12.7. The SMILES string of the molecule is CCC1=NN=C(c2ccccc2)[C@H](c2c(O)n(C)c(=O)n(C)c2=O)N1O. The van der Waals surface area contributed by atoms with Crippen molar-refractivity contribution in [3.8, 4) is 5.88 Å². The molecule has 2 N–H and O–H groups in total. The van der Waals surface area contributed by atoms with E-state index in [1.165, 1.54) is 14.1 Å². The summed E-state index contributed by atoms with van der Waals surface area (Å²) in [5, 5.41) is 30.2. The van der Waals surface area contributed by atoms with Gasteiger partial charge in [0.05, 0.1) is 0 Å². The van der Waals surface area contributed by atoms with Crippen LogP contribution >= 0.6 is 0 Å². The molecule has 1 aromatic carbocycles. The van der Waals surface area contributed by atoms with Gasteiger partial charge in [0.1, 0.15) is 17.3 Å². The first kappa shape index (κ1) is 17.6. The van der Waals surface area contributed by atoms with Crippen molar-refractivity contribution in [3.05, 3.63) is 62.3 Å². The molecule has 9 heteroatoms. The van der Waals surface area contributed by atoms with Gasteiger partial charge < -0.3 is 5.11 Å². The monoisotopic (exact) mass is 357 g/mol. The van der Waals surface area contributed by atoms with E-state index in [9.17, 15) is 19.9 Å². The third-order valence-electron chi connectivity index (χ3n) is 4.37. The van der Waals surface area contributed by atoms with Gasteiger partial charge in [-0.3, -0.25) is 19.1 Å². The predicted molar refractivity (Wildman–Crippen MR) is 95.7 cm³/mol. The first-order valence-electron chi connectivity index (χ1n) is 8.05. The van der Waals surface area contributed by atoms with E-state index in [0.717, 1.165) is 14.2 Å². The van der Waals surface area contributed by atoms with E-state index in [1.54, 1.807) is 31.2 Å². The Balaban J connectivity index is 2.32. The number of hydroxylamine groups is 2. The minimum atomic E-state index is -1.10. The zero-order chi connectivity index (χ0) is 19.0. The largest absolute Gasteiger partial charge is 0.494 e. The summed E-state index contributed by atoms with van der Waals surface area (Å²) in [7, 11) is 2.66. The van der Waals surface area contributed by atoms with Crippen LogP contribution in [0.15, 0.2) is 50.1 Å². The predicted octanol–water partition coefficient (Wildman–Crippen LogP) is 0.748. The highest BCUT2D eigenvalue weighted by Crippen LogP contribution is 2.30. The van der Waals surface area contributed by atoms with Gasteiger partial charge in [0.25, 0.3) is 5.56 Å². The quantitative estimate of drug-likeness (QED) is 0.842. The van der Waals surface area contributed by atoms with Crippen LogP contribution in [0.25, 0.3) is 0 Å². The summed E-state index contributed by atoms with van der Waals surface area (Å²) in [6.07, 6.45) is 0.366. The van der Waals surface area contributed by atoms with Gasteiger partial charge in [-0.25, -0.2) is 9.86 Å². The third-order valence-corrected chi connectivity index (χ3v) is 4.37. The van der Waals surface area contributed by atoms with Gasteiger partial charge in [0.15, 0.2) is 5.84 Å². The van der Waals surface area contributed by atoms with E-state index in [0.29, 0.717) is 12.0 Å². The van der Waals surface area contributed by atoms with Gasteiger partial charge in [-0.1, -0.05) is 37.3 Å². The minimum absolute atomic E-state index is 0.152. The molecule has 0 unspecified atom stereocenters. The molecule has 0 saturated heterocycles. The van der Waals surface area contributed by atoms with Crippen LogP contribution in [0.2, 0.25) is 0 Å². The Hall–Kier alpha value is -3.20. The molecule has 0 aliphatic carbocycles. The van der Waals surface area contributed by atoms with Crippen molar-refractivity contribution in [2.24, 2.45) is 24.3 Å². The molecular weight excluding hydrogens is 338 g/mol. The van der Waals surface area contributed by atoms with Crippen LogP contribution in [0, 0.1) is 0 Å². The molecule has 1 atom stereocenters. The van der Waals surface area contributed by atoms with Crippen molar-refractivity contribution in [1.29, 1.82) is 0 Å². The van der Waals surface area contributed by atoms with Crippen LogP contribution < -0.4 is 11.2 Å². The molecule has 0 amide bonds. The molecule has 2 aromatic rings. The average molecular weight is 357 g/mol. The molecule has 9 nitrogen and oxygen atoms in total. The molecule has 0 radical (unpaired) electrons. The lowest BCUT2D eigenvalue weighted by atomic mass is 9.96. The third kappa shape index (κ3) is 2.62. The van der Waals surface area contributed by atoms with Gasteiger partial charge in [0, 0.05) is 26.1 Å². The number of amidine groups is 1. The molecule has 0 fully saturated rings. The Morgan fingerprint density at radius 2 is 1.73 bits per heavy atom. The fourth-order valence-corrected chi connectivity index (χ4v) is 2.89. The zero-order valence-corrected chi connectivity index (χ0v) is 14.6. The maximum Gasteiger partial charge on any atom is 0.333 e. The van der Waals surface area contributed by atoms with Crippen molar-refractivity contribution in [2.45, 2.75) is 19.4 Å². The Kier molecular flexibility index (Phi) is 4.47. The fourth-order valence-electron chi connectivity index (χ4n) is 2.89. The maximum absolute atomic E-state index is 12.7. The summed E-state index contributed by atoms with van der Waals surface area (Å²) >= 11 is 0. The number of aromatic nitrogens is 2. The van der Waals surface area contributed by atoms with Crippen LogP contribution in [-0.4, -0.2) is 36.1 Å². The van der Waals surface area contributed by atoms with Crippen LogP contribution in [-0.2, 0) is 14.1 Å². The van der Waals surface area contributed by atoms with Gasteiger partial charge >= 0.3 is 5.69 Å². The fraction of sp³-hybridized carbons (Fsp3) is 0.294. The van der Waals surface area contributed by atoms with E-state index < -0.39 is 23.2 Å². The molecule has 136 valence electrons. The summed E-state index contributed by atoms with van der Waals surface area (Å²) in [4.78, 5) is 24.8. The number of hydrogen-bond acceptors (Lipinski definition) is 7. The van der Waals surface area contributed by atoms with E-state index in [1.807, 2.05) is 6.07 Å². The number of aromatic hydroxyl groups is 1. The number of rotatable bonds is 3. The first-order chi connectivity index (χ1) is 12.4. The lowest BCUT2D eigenvalue weighted by Crippen LogP contribution is -2.46.